The van der Waals surface area contributed by atoms with Gasteiger partial charge in [0.2, 0.25) is 11.7 Å². The van der Waals surface area contributed by atoms with E-state index in [2.05, 4.69) is 25.9 Å². The van der Waals surface area contributed by atoms with E-state index >= 15 is 0 Å². The minimum atomic E-state index is -0.0813. The molecule has 2 aromatic carbocycles. The molecule has 134 valence electrons. The van der Waals surface area contributed by atoms with Gasteiger partial charge in [0.1, 0.15) is 11.5 Å². The number of tetrazole rings is 1. The number of nitrogens with one attached hydrogen (secondary N) is 2. The second-order valence-electron chi connectivity index (χ2n) is 5.54. The maximum Gasteiger partial charge on any atom is 0.224 e. The first kappa shape index (κ1) is 17.4. The summed E-state index contributed by atoms with van der Waals surface area (Å²) in [5.74, 6) is 1.90. The molecule has 0 saturated carbocycles. The van der Waals surface area contributed by atoms with E-state index in [9.17, 15) is 4.79 Å². The zero-order valence-corrected chi connectivity index (χ0v) is 14.5. The molecular formula is C18H19N5O3. The molecule has 1 aromatic heterocycles. The Bertz CT molecular complexity index is 863. The number of methoxy groups -OCH3 is 2. The zero-order valence-electron chi connectivity index (χ0n) is 14.5. The molecular weight excluding hydrogens is 334 g/mol. The molecule has 0 saturated heterocycles. The lowest BCUT2D eigenvalue weighted by Gasteiger charge is -2.11. The summed E-state index contributed by atoms with van der Waals surface area (Å²) in [5.41, 5.74) is 2.45. The van der Waals surface area contributed by atoms with Gasteiger partial charge >= 0.3 is 0 Å². The topological polar surface area (TPSA) is 102 Å². The number of H-pyrrole nitrogens is 1. The molecule has 0 atom stereocenters. The number of aromatic nitrogens is 4. The highest BCUT2D eigenvalue weighted by molar-refractivity contribution is 5.91. The van der Waals surface area contributed by atoms with Gasteiger partial charge in [0, 0.05) is 17.7 Å². The largest absolute Gasteiger partial charge is 0.497 e. The van der Waals surface area contributed by atoms with Crippen LogP contribution in [-0.4, -0.2) is 40.8 Å². The zero-order chi connectivity index (χ0) is 18.4. The molecule has 2 N–H and O–H groups in total. The lowest BCUT2D eigenvalue weighted by atomic mass is 10.1. The maximum absolute atomic E-state index is 12.2. The maximum atomic E-state index is 12.2. The Morgan fingerprint density at radius 2 is 1.92 bits per heavy atom. The van der Waals surface area contributed by atoms with Gasteiger partial charge in [-0.25, -0.2) is 0 Å². The average molecular weight is 353 g/mol. The van der Waals surface area contributed by atoms with Crippen molar-refractivity contribution in [1.29, 1.82) is 0 Å². The van der Waals surface area contributed by atoms with E-state index < -0.39 is 0 Å². The van der Waals surface area contributed by atoms with Crippen molar-refractivity contribution in [1.82, 2.24) is 20.6 Å². The summed E-state index contributed by atoms with van der Waals surface area (Å²) < 4.78 is 10.6. The molecule has 0 unspecified atom stereocenters. The van der Waals surface area contributed by atoms with Gasteiger partial charge < -0.3 is 14.8 Å². The summed E-state index contributed by atoms with van der Waals surface area (Å²) in [6.45, 7) is 0. The normalized spacial score (nSPS) is 10.4. The predicted molar refractivity (Wildman–Crippen MR) is 96.1 cm³/mol. The van der Waals surface area contributed by atoms with Crippen molar-refractivity contribution < 1.29 is 14.3 Å². The Morgan fingerprint density at radius 3 is 2.58 bits per heavy atom. The fourth-order valence-electron chi connectivity index (χ4n) is 2.54. The lowest BCUT2D eigenvalue weighted by molar-refractivity contribution is -0.116. The third-order valence-corrected chi connectivity index (χ3v) is 3.88. The fourth-order valence-corrected chi connectivity index (χ4v) is 2.54. The molecule has 0 spiro atoms. The smallest absolute Gasteiger partial charge is 0.224 e. The molecule has 3 rings (SSSR count). The molecule has 1 amide bonds. The molecule has 8 nitrogen and oxygen atoms in total. The van der Waals surface area contributed by atoms with Crippen LogP contribution < -0.4 is 14.8 Å². The number of aromatic amines is 1. The van der Waals surface area contributed by atoms with E-state index in [1.54, 1.807) is 26.4 Å². The van der Waals surface area contributed by atoms with Crippen LogP contribution >= 0.6 is 0 Å². The molecule has 0 bridgehead atoms. The van der Waals surface area contributed by atoms with Gasteiger partial charge in [0.25, 0.3) is 0 Å². The summed E-state index contributed by atoms with van der Waals surface area (Å²) in [4.78, 5) is 12.2. The molecule has 0 aliphatic rings. The first-order chi connectivity index (χ1) is 12.7. The van der Waals surface area contributed by atoms with Crippen LogP contribution in [0.5, 0.6) is 11.5 Å². The van der Waals surface area contributed by atoms with Crippen molar-refractivity contribution in [3.63, 3.8) is 0 Å². The molecule has 8 heteroatoms. The average Bonchev–Trinajstić information content (AvgIpc) is 3.21. The summed E-state index contributed by atoms with van der Waals surface area (Å²) in [5, 5.41) is 16.6. The number of carbonyl (C=O) groups is 1. The first-order valence-corrected chi connectivity index (χ1v) is 8.04. The molecule has 1 heterocycles. The highest BCUT2D eigenvalue weighted by atomic mass is 16.5. The molecule has 26 heavy (non-hydrogen) atoms. The van der Waals surface area contributed by atoms with E-state index in [0.717, 1.165) is 22.6 Å². The standard InChI is InChI=1S/C18H19N5O3/c1-25-15-8-9-16(26-2)13(11-15)5-10-17(24)19-14-6-3-12(4-7-14)18-20-22-23-21-18/h3-4,6-9,11H,5,10H2,1-2H3,(H,19,24)(H,20,21,22,23). The van der Waals surface area contributed by atoms with Gasteiger partial charge in [0.05, 0.1) is 14.2 Å². The van der Waals surface area contributed by atoms with E-state index in [4.69, 9.17) is 9.47 Å². The van der Waals surface area contributed by atoms with Gasteiger partial charge in [-0.05, 0) is 59.7 Å². The lowest BCUT2D eigenvalue weighted by Crippen LogP contribution is -2.12. The highest BCUT2D eigenvalue weighted by Gasteiger charge is 2.09. The Labute approximate surface area is 150 Å². The second kappa shape index (κ2) is 8.11. The van der Waals surface area contributed by atoms with Gasteiger partial charge in [-0.3, -0.25) is 4.79 Å². The van der Waals surface area contributed by atoms with Crippen LogP contribution in [-0.2, 0) is 11.2 Å². The second-order valence-corrected chi connectivity index (χ2v) is 5.54. The van der Waals surface area contributed by atoms with E-state index in [-0.39, 0.29) is 5.91 Å². The van der Waals surface area contributed by atoms with E-state index in [0.29, 0.717) is 24.4 Å². The van der Waals surface area contributed by atoms with Gasteiger partial charge in [-0.15, -0.1) is 10.2 Å². The molecule has 0 aliphatic carbocycles. The van der Waals surface area contributed by atoms with Gasteiger partial charge in [-0.1, -0.05) is 0 Å². The van der Waals surface area contributed by atoms with Gasteiger partial charge in [-0.2, -0.15) is 5.21 Å². The summed E-state index contributed by atoms with van der Waals surface area (Å²) in [6.07, 6.45) is 0.878. The number of anilines is 1. The van der Waals surface area contributed by atoms with Gasteiger partial charge in [0.15, 0.2) is 0 Å². The number of ether oxygens (including phenoxy) is 2. The van der Waals surface area contributed by atoms with Crippen molar-refractivity contribution in [3.05, 3.63) is 48.0 Å². The quantitative estimate of drug-likeness (QED) is 0.676. The van der Waals surface area contributed by atoms with E-state index in [1.165, 1.54) is 0 Å². The number of hydrogen-bond donors (Lipinski definition) is 2. The number of carbonyl (C=O) groups excluding carboxylic acids is 1. The van der Waals surface area contributed by atoms with Crippen molar-refractivity contribution in [2.45, 2.75) is 12.8 Å². The number of hydrogen-bond acceptors (Lipinski definition) is 6. The Kier molecular flexibility index (Phi) is 5.43. The third-order valence-electron chi connectivity index (χ3n) is 3.88. The molecule has 3 aromatic rings. The van der Waals surface area contributed by atoms with Crippen LogP contribution in [0.25, 0.3) is 11.4 Å². The van der Waals surface area contributed by atoms with Crippen LogP contribution in [0, 0.1) is 0 Å². The monoisotopic (exact) mass is 353 g/mol. The predicted octanol–water partition coefficient (Wildman–Crippen LogP) is 2.46. The number of nitrogens with zero attached hydrogens (tertiary/aromatic N) is 3. The van der Waals surface area contributed by atoms with Crippen molar-refractivity contribution in [2.24, 2.45) is 0 Å². The van der Waals surface area contributed by atoms with Crippen LogP contribution in [0.1, 0.15) is 12.0 Å². The number of aryl methyl sites for hydroxylation is 1. The molecule has 0 radical (unpaired) electrons. The summed E-state index contributed by atoms with van der Waals surface area (Å²) >= 11 is 0. The van der Waals surface area contributed by atoms with Crippen LogP contribution in [0.3, 0.4) is 0 Å². The van der Waals surface area contributed by atoms with Crippen molar-refractivity contribution >= 4 is 11.6 Å². The highest BCUT2D eigenvalue weighted by Crippen LogP contribution is 2.25. The Balaban J connectivity index is 1.59. The first-order valence-electron chi connectivity index (χ1n) is 8.04. The Morgan fingerprint density at radius 1 is 1.12 bits per heavy atom. The number of rotatable bonds is 7. The minimum Gasteiger partial charge on any atom is -0.497 e. The van der Waals surface area contributed by atoms with Crippen LogP contribution in [0.4, 0.5) is 5.69 Å². The molecule has 0 aliphatic heterocycles. The van der Waals surface area contributed by atoms with Crippen molar-refractivity contribution in [2.75, 3.05) is 19.5 Å². The summed E-state index contributed by atoms with van der Waals surface area (Å²) in [6, 6.07) is 12.8. The fraction of sp³-hybridized carbons (Fsp3) is 0.222. The third kappa shape index (κ3) is 4.15. The number of amides is 1. The SMILES string of the molecule is COc1ccc(OC)c(CCC(=O)Nc2ccc(-c3nn[nH]n3)cc2)c1. The molecule has 0 fully saturated rings. The van der Waals surface area contributed by atoms with Crippen LogP contribution in [0.15, 0.2) is 42.5 Å². The van der Waals surface area contributed by atoms with Crippen LogP contribution in [0.2, 0.25) is 0 Å². The Hall–Kier alpha value is -3.42. The minimum absolute atomic E-state index is 0.0813. The summed E-state index contributed by atoms with van der Waals surface area (Å²) in [7, 11) is 3.22. The van der Waals surface area contributed by atoms with E-state index in [1.807, 2.05) is 30.3 Å². The number of benzene rings is 2. The van der Waals surface area contributed by atoms with Crippen molar-refractivity contribution in [3.8, 4) is 22.9 Å².